The minimum absolute atomic E-state index is 0.103. The average molecular weight is 383 g/mol. The molecule has 146 valence electrons. The van der Waals surface area contributed by atoms with E-state index in [-0.39, 0.29) is 6.04 Å². The summed E-state index contributed by atoms with van der Waals surface area (Å²) in [5.74, 6) is 1.58. The molecule has 1 atom stereocenters. The maximum absolute atomic E-state index is 4.62. The van der Waals surface area contributed by atoms with Gasteiger partial charge in [0, 0.05) is 36.5 Å². The summed E-state index contributed by atoms with van der Waals surface area (Å²) >= 11 is 0. The van der Waals surface area contributed by atoms with Crippen LogP contribution in [-0.2, 0) is 7.05 Å². The van der Waals surface area contributed by atoms with E-state index < -0.39 is 0 Å². The molecular weight excluding hydrogens is 358 g/mol. The predicted octanol–water partition coefficient (Wildman–Crippen LogP) is 5.33. The fourth-order valence-corrected chi connectivity index (χ4v) is 3.46. The largest absolute Gasteiger partial charge is 0.363 e. The molecule has 0 aliphatic rings. The fourth-order valence-electron chi connectivity index (χ4n) is 3.46. The van der Waals surface area contributed by atoms with Gasteiger partial charge in [0.1, 0.15) is 11.6 Å². The van der Waals surface area contributed by atoms with Crippen molar-refractivity contribution in [3.63, 3.8) is 0 Å². The third kappa shape index (κ3) is 4.35. The van der Waals surface area contributed by atoms with Crippen LogP contribution in [-0.4, -0.2) is 19.7 Å². The third-order valence-electron chi connectivity index (χ3n) is 4.94. The van der Waals surface area contributed by atoms with Crippen LogP contribution in [0.1, 0.15) is 29.9 Å². The summed E-state index contributed by atoms with van der Waals surface area (Å²) < 4.78 is 1.82. The molecule has 0 radical (unpaired) electrons. The SMILES string of the molecule is Cc1cccc(-c2cc(NC(C)c3cccc(-c4cnn(C)c4)c3)nc(C)n2)c1. The Morgan fingerprint density at radius 2 is 1.69 bits per heavy atom. The molecule has 1 unspecified atom stereocenters. The highest BCUT2D eigenvalue weighted by Crippen LogP contribution is 2.26. The Kier molecular flexibility index (Phi) is 5.12. The Morgan fingerprint density at radius 1 is 0.897 bits per heavy atom. The lowest BCUT2D eigenvalue weighted by atomic mass is 10.0. The molecule has 2 aromatic heterocycles. The topological polar surface area (TPSA) is 55.6 Å². The lowest BCUT2D eigenvalue weighted by molar-refractivity contribution is 0.768. The highest BCUT2D eigenvalue weighted by Gasteiger charge is 2.11. The number of nitrogens with one attached hydrogen (secondary N) is 1. The average Bonchev–Trinajstić information content (AvgIpc) is 3.14. The van der Waals surface area contributed by atoms with Crippen LogP contribution in [0.3, 0.4) is 0 Å². The van der Waals surface area contributed by atoms with Gasteiger partial charge in [0.15, 0.2) is 0 Å². The van der Waals surface area contributed by atoms with Gasteiger partial charge in [0.25, 0.3) is 0 Å². The number of rotatable bonds is 5. The first-order valence-corrected chi connectivity index (χ1v) is 9.76. The molecule has 4 rings (SSSR count). The standard InChI is InChI=1S/C24H25N5/c1-16-7-5-10-21(11-16)23-13-24(28-18(3)27-23)26-17(2)19-8-6-9-20(12-19)22-14-25-29(4)15-22/h5-15,17H,1-4H3,(H,26,27,28). The van der Waals surface area contributed by atoms with Gasteiger partial charge >= 0.3 is 0 Å². The minimum Gasteiger partial charge on any atom is -0.363 e. The summed E-state index contributed by atoms with van der Waals surface area (Å²) in [5.41, 5.74) is 6.71. The van der Waals surface area contributed by atoms with Crippen molar-refractivity contribution in [3.05, 3.63) is 83.9 Å². The Hall–Kier alpha value is -3.47. The zero-order chi connectivity index (χ0) is 20.4. The number of hydrogen-bond acceptors (Lipinski definition) is 4. The van der Waals surface area contributed by atoms with E-state index in [1.54, 1.807) is 0 Å². The second-order valence-electron chi connectivity index (χ2n) is 7.45. The molecule has 1 N–H and O–H groups in total. The lowest BCUT2D eigenvalue weighted by Crippen LogP contribution is -2.09. The number of benzene rings is 2. The quantitative estimate of drug-likeness (QED) is 0.506. The van der Waals surface area contributed by atoms with E-state index in [0.717, 1.165) is 34.0 Å². The van der Waals surface area contributed by atoms with Crippen molar-refractivity contribution in [3.8, 4) is 22.4 Å². The van der Waals surface area contributed by atoms with Gasteiger partial charge in [0.05, 0.1) is 11.9 Å². The van der Waals surface area contributed by atoms with Gasteiger partial charge < -0.3 is 5.32 Å². The molecule has 0 saturated heterocycles. The van der Waals surface area contributed by atoms with E-state index >= 15 is 0 Å². The van der Waals surface area contributed by atoms with Crippen LogP contribution in [0.5, 0.6) is 0 Å². The normalized spacial score (nSPS) is 12.0. The molecule has 4 aromatic rings. The molecule has 0 spiro atoms. The lowest BCUT2D eigenvalue weighted by Gasteiger charge is -2.17. The zero-order valence-electron chi connectivity index (χ0n) is 17.2. The van der Waals surface area contributed by atoms with Gasteiger partial charge in [-0.25, -0.2) is 9.97 Å². The predicted molar refractivity (Wildman–Crippen MR) is 118 cm³/mol. The summed E-state index contributed by atoms with van der Waals surface area (Å²) in [6.07, 6.45) is 3.91. The van der Waals surface area contributed by atoms with Gasteiger partial charge in [-0.05, 0) is 44.0 Å². The Balaban J connectivity index is 1.59. The minimum atomic E-state index is 0.103. The van der Waals surface area contributed by atoms with Crippen molar-refractivity contribution in [1.29, 1.82) is 0 Å². The van der Waals surface area contributed by atoms with Crippen molar-refractivity contribution in [2.24, 2.45) is 7.05 Å². The Morgan fingerprint density at radius 3 is 2.45 bits per heavy atom. The number of aromatic nitrogens is 4. The number of hydrogen-bond donors (Lipinski definition) is 1. The molecule has 0 aliphatic carbocycles. The van der Waals surface area contributed by atoms with Gasteiger partial charge in [-0.1, -0.05) is 42.0 Å². The van der Waals surface area contributed by atoms with Crippen molar-refractivity contribution in [2.45, 2.75) is 26.8 Å². The van der Waals surface area contributed by atoms with Crippen LogP contribution in [0.2, 0.25) is 0 Å². The van der Waals surface area contributed by atoms with Crippen LogP contribution in [0.4, 0.5) is 5.82 Å². The summed E-state index contributed by atoms with van der Waals surface area (Å²) in [6, 6.07) is 19.0. The van der Waals surface area contributed by atoms with Crippen molar-refractivity contribution in [2.75, 3.05) is 5.32 Å². The molecule has 2 heterocycles. The summed E-state index contributed by atoms with van der Waals surface area (Å²) in [5, 5.41) is 7.81. The van der Waals surface area contributed by atoms with E-state index in [0.29, 0.717) is 0 Å². The van der Waals surface area contributed by atoms with E-state index in [1.807, 2.05) is 37.1 Å². The molecular formula is C24H25N5. The Bertz CT molecular complexity index is 1150. The van der Waals surface area contributed by atoms with Crippen LogP contribution < -0.4 is 5.32 Å². The van der Waals surface area contributed by atoms with Gasteiger partial charge in [-0.15, -0.1) is 0 Å². The molecule has 5 heteroatoms. The molecule has 0 aliphatic heterocycles. The maximum Gasteiger partial charge on any atom is 0.130 e. The maximum atomic E-state index is 4.62. The first kappa shape index (κ1) is 18.9. The van der Waals surface area contributed by atoms with Crippen molar-refractivity contribution in [1.82, 2.24) is 19.7 Å². The summed E-state index contributed by atoms with van der Waals surface area (Å²) in [7, 11) is 1.93. The molecule has 29 heavy (non-hydrogen) atoms. The number of aryl methyl sites for hydroxylation is 3. The monoisotopic (exact) mass is 383 g/mol. The molecule has 2 aromatic carbocycles. The Labute approximate surface area is 171 Å². The second-order valence-corrected chi connectivity index (χ2v) is 7.45. The summed E-state index contributed by atoms with van der Waals surface area (Å²) in [4.78, 5) is 9.22. The molecule has 0 amide bonds. The summed E-state index contributed by atoms with van der Waals surface area (Å²) in [6.45, 7) is 6.17. The van der Waals surface area contributed by atoms with Crippen LogP contribution >= 0.6 is 0 Å². The molecule has 0 bridgehead atoms. The molecule has 5 nitrogen and oxygen atoms in total. The first-order chi connectivity index (χ1) is 14.0. The van der Waals surface area contributed by atoms with E-state index in [1.165, 1.54) is 11.1 Å². The van der Waals surface area contributed by atoms with Gasteiger partial charge in [0.2, 0.25) is 0 Å². The van der Waals surface area contributed by atoms with Gasteiger partial charge in [-0.2, -0.15) is 5.10 Å². The molecule has 0 saturated carbocycles. The second kappa shape index (κ2) is 7.87. The van der Waals surface area contributed by atoms with Crippen LogP contribution in [0.15, 0.2) is 67.0 Å². The van der Waals surface area contributed by atoms with Crippen molar-refractivity contribution >= 4 is 5.82 Å². The number of nitrogens with zero attached hydrogens (tertiary/aromatic N) is 4. The number of anilines is 1. The molecule has 0 fully saturated rings. The smallest absolute Gasteiger partial charge is 0.130 e. The first-order valence-electron chi connectivity index (χ1n) is 9.76. The van der Waals surface area contributed by atoms with E-state index in [2.05, 4.69) is 82.8 Å². The highest BCUT2D eigenvalue weighted by atomic mass is 15.2. The van der Waals surface area contributed by atoms with Crippen LogP contribution in [0, 0.1) is 13.8 Å². The van der Waals surface area contributed by atoms with Gasteiger partial charge in [-0.3, -0.25) is 4.68 Å². The van der Waals surface area contributed by atoms with Crippen LogP contribution in [0.25, 0.3) is 22.4 Å². The fraction of sp³-hybridized carbons (Fsp3) is 0.208. The van der Waals surface area contributed by atoms with E-state index in [9.17, 15) is 0 Å². The third-order valence-corrected chi connectivity index (χ3v) is 4.94. The zero-order valence-corrected chi connectivity index (χ0v) is 17.2. The highest BCUT2D eigenvalue weighted by molar-refractivity contribution is 5.65. The van der Waals surface area contributed by atoms with Crippen molar-refractivity contribution < 1.29 is 0 Å². The van der Waals surface area contributed by atoms with E-state index in [4.69, 9.17) is 0 Å².